The molecule has 11 nitrogen and oxygen atoms in total. The monoisotopic (exact) mass is 481 g/mol. The van der Waals surface area contributed by atoms with Crippen LogP contribution in [0, 0.1) is 6.92 Å². The van der Waals surface area contributed by atoms with Crippen molar-refractivity contribution in [3.63, 3.8) is 0 Å². The molecule has 6 rings (SSSR count). The molecule has 36 heavy (non-hydrogen) atoms. The minimum absolute atomic E-state index is 0.208. The van der Waals surface area contributed by atoms with E-state index in [2.05, 4.69) is 25.5 Å². The average molecular weight is 481 g/mol. The third-order valence-electron chi connectivity index (χ3n) is 5.52. The van der Waals surface area contributed by atoms with E-state index in [1.165, 1.54) is 16.7 Å². The lowest BCUT2D eigenvalue weighted by atomic mass is 10.2. The Morgan fingerprint density at radius 1 is 0.944 bits per heavy atom. The van der Waals surface area contributed by atoms with Crippen molar-refractivity contribution in [1.29, 1.82) is 0 Å². The van der Waals surface area contributed by atoms with Crippen LogP contribution >= 0.6 is 0 Å². The Bertz CT molecular complexity index is 1570. The zero-order valence-electron chi connectivity index (χ0n) is 19.3. The van der Waals surface area contributed by atoms with Gasteiger partial charge in [0.05, 0.1) is 17.4 Å². The summed E-state index contributed by atoms with van der Waals surface area (Å²) in [6.07, 6.45) is 0.671. The Kier molecular flexibility index (Phi) is 5.14. The summed E-state index contributed by atoms with van der Waals surface area (Å²) in [5.74, 6) is 1.36. The number of hydrogen-bond donors (Lipinski definition) is 0. The molecule has 5 aromatic rings. The van der Waals surface area contributed by atoms with Crippen molar-refractivity contribution in [3.8, 4) is 28.8 Å². The number of ether oxygens (including phenoxy) is 1. The summed E-state index contributed by atoms with van der Waals surface area (Å²) in [5.41, 5.74) is 2.56. The van der Waals surface area contributed by atoms with E-state index in [9.17, 15) is 4.79 Å². The van der Waals surface area contributed by atoms with Gasteiger partial charge in [0.15, 0.2) is 5.76 Å². The molecule has 0 saturated carbocycles. The Balaban J connectivity index is 1.28. The van der Waals surface area contributed by atoms with E-state index in [0.29, 0.717) is 28.7 Å². The molecular weight excluding hydrogens is 462 g/mol. The molecule has 0 aliphatic carbocycles. The van der Waals surface area contributed by atoms with Crippen molar-refractivity contribution in [3.05, 3.63) is 89.9 Å². The van der Waals surface area contributed by atoms with E-state index in [0.717, 1.165) is 11.3 Å². The first-order valence-corrected chi connectivity index (χ1v) is 11.1. The van der Waals surface area contributed by atoms with Gasteiger partial charge in [-0.1, -0.05) is 36.4 Å². The minimum atomic E-state index is -0.874. The van der Waals surface area contributed by atoms with Gasteiger partial charge in [0, 0.05) is 18.6 Å². The van der Waals surface area contributed by atoms with Gasteiger partial charge in [0.1, 0.15) is 11.5 Å². The number of hydrazone groups is 1. The number of carbonyl (C=O) groups excluding carboxylic acids is 1. The molecule has 3 aromatic heterocycles. The van der Waals surface area contributed by atoms with E-state index in [1.807, 2.05) is 60.7 Å². The van der Waals surface area contributed by atoms with Gasteiger partial charge in [-0.25, -0.2) is 0 Å². The van der Waals surface area contributed by atoms with Crippen molar-refractivity contribution in [2.24, 2.45) is 5.10 Å². The summed E-state index contributed by atoms with van der Waals surface area (Å²) in [5, 5.41) is 22.6. The Morgan fingerprint density at radius 3 is 2.42 bits per heavy atom. The van der Waals surface area contributed by atoms with Gasteiger partial charge < -0.3 is 13.6 Å². The van der Waals surface area contributed by atoms with E-state index < -0.39 is 6.23 Å². The highest BCUT2D eigenvalue weighted by Crippen LogP contribution is 2.33. The second-order valence-electron chi connectivity index (χ2n) is 7.99. The zero-order valence-corrected chi connectivity index (χ0v) is 19.3. The van der Waals surface area contributed by atoms with Crippen LogP contribution in [0.3, 0.4) is 0 Å². The number of carbonyl (C=O) groups is 1. The molecule has 1 amide bonds. The minimum Gasteiger partial charge on any atom is -0.455 e. The lowest BCUT2D eigenvalue weighted by Gasteiger charge is -2.16. The standard InChI is InChI=1S/C25H19N7O4/c1-15-19(13-21(34-15)24-28-27-22(35-24)17-9-5-3-6-10-17)23-30-31(16(2)33)25(36-23)20-14-26-32(29-20)18-11-7-4-8-12-18/h3-14,25H,1-2H3. The number of nitrogens with zero attached hydrogens (tertiary/aromatic N) is 7. The maximum atomic E-state index is 12.4. The van der Waals surface area contributed by atoms with Crippen molar-refractivity contribution in [1.82, 2.24) is 30.2 Å². The second-order valence-corrected chi connectivity index (χ2v) is 7.99. The Morgan fingerprint density at radius 2 is 1.67 bits per heavy atom. The third-order valence-corrected chi connectivity index (χ3v) is 5.52. The summed E-state index contributed by atoms with van der Waals surface area (Å²) in [6.45, 7) is 3.16. The van der Waals surface area contributed by atoms with Crippen molar-refractivity contribution >= 4 is 11.8 Å². The van der Waals surface area contributed by atoms with Gasteiger partial charge in [-0.05, 0) is 31.2 Å². The molecular formula is C25H19N7O4. The van der Waals surface area contributed by atoms with Crippen LogP contribution in [0.5, 0.6) is 0 Å². The SMILES string of the molecule is CC(=O)N1N=C(c2cc(-c3nnc(-c4ccccc4)o3)oc2C)OC1c1cnn(-c2ccccc2)n1. The number of hydrogen-bond acceptors (Lipinski definition) is 9. The highest BCUT2D eigenvalue weighted by Gasteiger charge is 2.37. The lowest BCUT2D eigenvalue weighted by Crippen LogP contribution is -2.25. The van der Waals surface area contributed by atoms with E-state index in [4.69, 9.17) is 13.6 Å². The van der Waals surface area contributed by atoms with Gasteiger partial charge in [-0.2, -0.15) is 14.9 Å². The fourth-order valence-corrected chi connectivity index (χ4v) is 3.76. The fraction of sp³-hybridized carbons (Fsp3) is 0.120. The number of rotatable bonds is 5. The predicted molar refractivity (Wildman–Crippen MR) is 126 cm³/mol. The van der Waals surface area contributed by atoms with Crippen LogP contribution in [0.4, 0.5) is 0 Å². The van der Waals surface area contributed by atoms with Gasteiger partial charge in [-0.3, -0.25) is 4.79 Å². The normalized spacial score (nSPS) is 15.1. The highest BCUT2D eigenvalue weighted by molar-refractivity contribution is 5.98. The number of para-hydroxylation sites is 1. The molecule has 178 valence electrons. The first-order valence-electron chi connectivity index (χ1n) is 11.1. The average Bonchev–Trinajstić information content (AvgIpc) is 3.70. The van der Waals surface area contributed by atoms with Gasteiger partial charge in [-0.15, -0.1) is 20.4 Å². The van der Waals surface area contributed by atoms with Gasteiger partial charge in [0.25, 0.3) is 5.89 Å². The van der Waals surface area contributed by atoms with Crippen LogP contribution < -0.4 is 0 Å². The number of aryl methyl sites for hydroxylation is 1. The highest BCUT2D eigenvalue weighted by atomic mass is 16.5. The van der Waals surface area contributed by atoms with Crippen LogP contribution in [-0.4, -0.2) is 42.0 Å². The van der Waals surface area contributed by atoms with Crippen LogP contribution in [0.1, 0.15) is 30.2 Å². The smallest absolute Gasteiger partial charge is 0.283 e. The third kappa shape index (κ3) is 3.82. The summed E-state index contributed by atoms with van der Waals surface area (Å²) in [4.78, 5) is 13.8. The Hall–Kier alpha value is -5.06. The van der Waals surface area contributed by atoms with Gasteiger partial charge in [0.2, 0.25) is 23.9 Å². The number of furan rings is 1. The largest absolute Gasteiger partial charge is 0.455 e. The first kappa shape index (κ1) is 21.5. The quantitative estimate of drug-likeness (QED) is 0.367. The summed E-state index contributed by atoms with van der Waals surface area (Å²) < 4.78 is 17.7. The molecule has 0 N–H and O–H groups in total. The van der Waals surface area contributed by atoms with Crippen molar-refractivity contribution in [2.75, 3.05) is 0 Å². The molecule has 1 unspecified atom stereocenters. The molecule has 0 radical (unpaired) electrons. The molecule has 1 aliphatic rings. The van der Waals surface area contributed by atoms with Gasteiger partial charge >= 0.3 is 0 Å². The van der Waals surface area contributed by atoms with Crippen LogP contribution in [0.15, 0.2) is 86.9 Å². The predicted octanol–water partition coefficient (Wildman–Crippen LogP) is 4.12. The molecule has 0 fully saturated rings. The lowest BCUT2D eigenvalue weighted by molar-refractivity contribution is -0.135. The summed E-state index contributed by atoms with van der Waals surface area (Å²) >= 11 is 0. The summed E-state index contributed by atoms with van der Waals surface area (Å²) in [7, 11) is 0. The molecule has 11 heteroatoms. The maximum Gasteiger partial charge on any atom is 0.283 e. The van der Waals surface area contributed by atoms with E-state index in [1.54, 1.807) is 19.2 Å². The number of benzene rings is 2. The number of amides is 1. The zero-order chi connectivity index (χ0) is 24.6. The van der Waals surface area contributed by atoms with Crippen molar-refractivity contribution < 1.29 is 18.4 Å². The van der Waals surface area contributed by atoms with Crippen LogP contribution in [-0.2, 0) is 9.53 Å². The maximum absolute atomic E-state index is 12.4. The molecule has 4 heterocycles. The van der Waals surface area contributed by atoms with E-state index in [-0.39, 0.29) is 17.7 Å². The number of aromatic nitrogens is 5. The van der Waals surface area contributed by atoms with E-state index >= 15 is 0 Å². The first-order chi connectivity index (χ1) is 17.6. The molecule has 0 spiro atoms. The summed E-state index contributed by atoms with van der Waals surface area (Å²) in [6, 6.07) is 20.6. The second kappa shape index (κ2) is 8.62. The molecule has 0 bridgehead atoms. The van der Waals surface area contributed by atoms with Crippen LogP contribution in [0.25, 0.3) is 28.8 Å². The molecule has 2 aromatic carbocycles. The topological polar surface area (TPSA) is 125 Å². The fourth-order valence-electron chi connectivity index (χ4n) is 3.76. The molecule has 1 aliphatic heterocycles. The van der Waals surface area contributed by atoms with Crippen molar-refractivity contribution in [2.45, 2.75) is 20.1 Å². The van der Waals surface area contributed by atoms with Crippen LogP contribution in [0.2, 0.25) is 0 Å². The molecule has 1 atom stereocenters. The Labute approximate surface area is 204 Å². The molecule has 0 saturated heterocycles.